The molecule has 1 aliphatic rings. The molecular weight excluding hydrogens is 230 g/mol. The van der Waals surface area contributed by atoms with Crippen LogP contribution >= 0.6 is 0 Å². The van der Waals surface area contributed by atoms with Gasteiger partial charge in [0.1, 0.15) is 5.82 Å². The van der Waals surface area contributed by atoms with E-state index in [1.165, 1.54) is 7.11 Å². The second-order valence-electron chi connectivity index (χ2n) is 4.34. The van der Waals surface area contributed by atoms with E-state index in [1.807, 2.05) is 29.2 Å². The predicted octanol–water partition coefficient (Wildman–Crippen LogP) is 1.24. The van der Waals surface area contributed by atoms with Crippen LogP contribution < -0.4 is 4.90 Å². The summed E-state index contributed by atoms with van der Waals surface area (Å²) in [5, 5.41) is 0. The number of esters is 1. The number of anilines is 1. The van der Waals surface area contributed by atoms with Crippen LogP contribution in [0.5, 0.6) is 0 Å². The van der Waals surface area contributed by atoms with Gasteiger partial charge in [-0.25, -0.2) is 4.98 Å². The molecule has 5 nitrogen and oxygen atoms in total. The Bertz CT molecular complexity index is 594. The van der Waals surface area contributed by atoms with Crippen molar-refractivity contribution in [3.05, 3.63) is 30.5 Å². The maximum Gasteiger partial charge on any atom is 0.312 e. The molecule has 18 heavy (non-hydrogen) atoms. The SMILES string of the molecule is COC(=O)C1CN(c2cnc3ccccc3n2)C1. The fourth-order valence-corrected chi connectivity index (χ4v) is 2.08. The first-order valence-electron chi connectivity index (χ1n) is 5.82. The summed E-state index contributed by atoms with van der Waals surface area (Å²) in [5.74, 6) is 0.622. The zero-order valence-electron chi connectivity index (χ0n) is 10.0. The van der Waals surface area contributed by atoms with Crippen LogP contribution in [0.4, 0.5) is 5.82 Å². The van der Waals surface area contributed by atoms with Crippen molar-refractivity contribution >= 4 is 22.8 Å². The predicted molar refractivity (Wildman–Crippen MR) is 67.3 cm³/mol. The molecular formula is C13H13N3O2. The number of carbonyl (C=O) groups is 1. The van der Waals surface area contributed by atoms with Gasteiger partial charge in [0.15, 0.2) is 0 Å². The van der Waals surface area contributed by atoms with Crippen LogP contribution in [-0.4, -0.2) is 36.1 Å². The molecule has 0 aliphatic carbocycles. The Kier molecular flexibility index (Phi) is 2.59. The van der Waals surface area contributed by atoms with Crippen molar-refractivity contribution in [2.75, 3.05) is 25.1 Å². The summed E-state index contributed by atoms with van der Waals surface area (Å²) < 4.78 is 4.71. The van der Waals surface area contributed by atoms with Gasteiger partial charge in [-0.2, -0.15) is 0 Å². The topological polar surface area (TPSA) is 55.3 Å². The maximum absolute atomic E-state index is 11.3. The maximum atomic E-state index is 11.3. The van der Waals surface area contributed by atoms with Crippen LogP contribution in [0.3, 0.4) is 0 Å². The van der Waals surface area contributed by atoms with E-state index < -0.39 is 0 Å². The Morgan fingerprint density at radius 2 is 2.06 bits per heavy atom. The highest BCUT2D eigenvalue weighted by Crippen LogP contribution is 2.24. The highest BCUT2D eigenvalue weighted by atomic mass is 16.5. The highest BCUT2D eigenvalue weighted by molar-refractivity contribution is 5.78. The highest BCUT2D eigenvalue weighted by Gasteiger charge is 2.34. The standard InChI is InChI=1S/C13H13N3O2/c1-18-13(17)9-7-16(8-9)12-6-14-10-4-2-3-5-11(10)15-12/h2-6,9H,7-8H2,1H3. The van der Waals surface area contributed by atoms with Crippen molar-refractivity contribution < 1.29 is 9.53 Å². The number of fused-ring (bicyclic) bond motifs is 1. The zero-order chi connectivity index (χ0) is 12.5. The molecule has 1 aromatic carbocycles. The minimum Gasteiger partial charge on any atom is -0.469 e. The van der Waals surface area contributed by atoms with Gasteiger partial charge in [-0.3, -0.25) is 9.78 Å². The molecule has 0 radical (unpaired) electrons. The molecule has 3 rings (SSSR count). The summed E-state index contributed by atoms with van der Waals surface area (Å²) in [6.45, 7) is 1.30. The van der Waals surface area contributed by atoms with Crippen LogP contribution in [0.1, 0.15) is 0 Å². The van der Waals surface area contributed by atoms with Crippen molar-refractivity contribution in [3.63, 3.8) is 0 Å². The van der Waals surface area contributed by atoms with Crippen LogP contribution in [0, 0.1) is 5.92 Å². The van der Waals surface area contributed by atoms with Crippen LogP contribution in [0.25, 0.3) is 11.0 Å². The molecule has 0 saturated carbocycles. The molecule has 0 unspecified atom stereocenters. The normalized spacial score (nSPS) is 15.5. The lowest BCUT2D eigenvalue weighted by molar-refractivity contribution is -0.146. The number of rotatable bonds is 2. The molecule has 92 valence electrons. The summed E-state index contributed by atoms with van der Waals surface area (Å²) in [6.07, 6.45) is 1.75. The van der Waals surface area contributed by atoms with E-state index in [-0.39, 0.29) is 11.9 Å². The van der Waals surface area contributed by atoms with Gasteiger partial charge in [0, 0.05) is 13.1 Å². The van der Waals surface area contributed by atoms with Crippen molar-refractivity contribution in [1.82, 2.24) is 9.97 Å². The smallest absolute Gasteiger partial charge is 0.312 e. The molecule has 0 atom stereocenters. The number of para-hydroxylation sites is 2. The fraction of sp³-hybridized carbons (Fsp3) is 0.308. The number of benzene rings is 1. The molecule has 0 amide bonds. The van der Waals surface area contributed by atoms with E-state index in [0.717, 1.165) is 16.9 Å². The molecule has 1 fully saturated rings. The van der Waals surface area contributed by atoms with Crippen LogP contribution in [-0.2, 0) is 9.53 Å². The second-order valence-corrected chi connectivity index (χ2v) is 4.34. The van der Waals surface area contributed by atoms with Crippen molar-refractivity contribution in [1.29, 1.82) is 0 Å². The van der Waals surface area contributed by atoms with E-state index >= 15 is 0 Å². The van der Waals surface area contributed by atoms with Crippen LogP contribution in [0.2, 0.25) is 0 Å². The number of nitrogens with zero attached hydrogens (tertiary/aromatic N) is 3. The molecule has 0 spiro atoms. The Balaban J connectivity index is 1.78. The van der Waals surface area contributed by atoms with Crippen LogP contribution in [0.15, 0.2) is 30.5 Å². The van der Waals surface area contributed by atoms with Crippen molar-refractivity contribution in [2.45, 2.75) is 0 Å². The number of ether oxygens (including phenoxy) is 1. The van der Waals surface area contributed by atoms with Crippen molar-refractivity contribution in [2.24, 2.45) is 5.92 Å². The number of hydrogen-bond donors (Lipinski definition) is 0. The van der Waals surface area contributed by atoms with E-state index in [2.05, 4.69) is 9.97 Å². The van der Waals surface area contributed by atoms with E-state index in [4.69, 9.17) is 4.74 Å². The van der Waals surface area contributed by atoms with Gasteiger partial charge >= 0.3 is 5.97 Å². The number of aromatic nitrogens is 2. The van der Waals surface area contributed by atoms with Gasteiger partial charge in [0.25, 0.3) is 0 Å². The van der Waals surface area contributed by atoms with E-state index in [9.17, 15) is 4.79 Å². The first kappa shape index (κ1) is 11.0. The van der Waals surface area contributed by atoms with Gasteiger partial charge in [-0.1, -0.05) is 12.1 Å². The molecule has 1 aromatic heterocycles. The summed E-state index contributed by atoms with van der Waals surface area (Å²) >= 11 is 0. The van der Waals surface area contributed by atoms with Gasteiger partial charge in [-0.15, -0.1) is 0 Å². The quantitative estimate of drug-likeness (QED) is 0.743. The van der Waals surface area contributed by atoms with Gasteiger partial charge in [0.05, 0.1) is 30.3 Å². The molecule has 1 aliphatic heterocycles. The Morgan fingerprint density at radius 1 is 1.33 bits per heavy atom. The largest absolute Gasteiger partial charge is 0.469 e. The average molecular weight is 243 g/mol. The van der Waals surface area contributed by atoms with Gasteiger partial charge in [-0.05, 0) is 12.1 Å². The first-order valence-corrected chi connectivity index (χ1v) is 5.82. The van der Waals surface area contributed by atoms with Crippen molar-refractivity contribution in [3.8, 4) is 0 Å². The number of carbonyl (C=O) groups excluding carboxylic acids is 1. The Hall–Kier alpha value is -2.17. The third kappa shape index (κ3) is 1.77. The average Bonchev–Trinajstić information content (AvgIpc) is 2.36. The third-order valence-corrected chi connectivity index (χ3v) is 3.18. The number of methoxy groups -OCH3 is 1. The molecule has 5 heteroatoms. The molecule has 2 heterocycles. The lowest BCUT2D eigenvalue weighted by atomic mass is 10.0. The van der Waals surface area contributed by atoms with Gasteiger partial charge in [0.2, 0.25) is 0 Å². The fourth-order valence-electron chi connectivity index (χ4n) is 2.08. The molecule has 1 saturated heterocycles. The van der Waals surface area contributed by atoms with E-state index in [1.54, 1.807) is 6.20 Å². The monoisotopic (exact) mass is 243 g/mol. The first-order chi connectivity index (χ1) is 8.78. The molecule has 2 aromatic rings. The minimum atomic E-state index is -0.153. The summed E-state index contributed by atoms with van der Waals surface area (Å²) in [5.41, 5.74) is 1.75. The summed E-state index contributed by atoms with van der Waals surface area (Å²) in [6, 6.07) is 7.74. The Labute approximate surface area is 104 Å². The lowest BCUT2D eigenvalue weighted by Crippen LogP contribution is -2.51. The second kappa shape index (κ2) is 4.25. The summed E-state index contributed by atoms with van der Waals surface area (Å²) in [4.78, 5) is 22.2. The van der Waals surface area contributed by atoms with E-state index in [0.29, 0.717) is 13.1 Å². The number of hydrogen-bond acceptors (Lipinski definition) is 5. The third-order valence-electron chi connectivity index (χ3n) is 3.18. The van der Waals surface area contributed by atoms with Gasteiger partial charge < -0.3 is 9.64 Å². The zero-order valence-corrected chi connectivity index (χ0v) is 10.0. The molecule has 0 N–H and O–H groups in total. The summed E-state index contributed by atoms with van der Waals surface area (Å²) in [7, 11) is 1.42. The lowest BCUT2D eigenvalue weighted by Gasteiger charge is -2.38. The Morgan fingerprint density at radius 3 is 2.78 bits per heavy atom. The molecule has 0 bridgehead atoms. The minimum absolute atomic E-state index is 0.0386.